The highest BCUT2D eigenvalue weighted by Gasteiger charge is 2.58. The second kappa shape index (κ2) is 18.2. The van der Waals surface area contributed by atoms with E-state index in [-0.39, 0.29) is 42.6 Å². The third kappa shape index (κ3) is 10.9. The Morgan fingerprint density at radius 2 is 1.61 bits per heavy atom. The zero-order valence-electron chi connectivity index (χ0n) is 33.7. The van der Waals surface area contributed by atoms with Gasteiger partial charge in [0.2, 0.25) is 17.6 Å². The molecule has 1 saturated heterocycles. The number of rotatable bonds is 16. The van der Waals surface area contributed by atoms with Gasteiger partial charge in [0, 0.05) is 26.1 Å². The van der Waals surface area contributed by atoms with Crippen LogP contribution in [0, 0.1) is 46.3 Å². The minimum Gasteiger partial charge on any atom is -0.447 e. The molecule has 0 aromatic heterocycles. The Morgan fingerprint density at radius 3 is 2.22 bits per heavy atom. The van der Waals surface area contributed by atoms with Gasteiger partial charge >= 0.3 is 12.1 Å². The van der Waals surface area contributed by atoms with Crippen molar-refractivity contribution in [1.82, 2.24) is 31.5 Å². The molecule has 4 aliphatic rings. The summed E-state index contributed by atoms with van der Waals surface area (Å²) in [7, 11) is 0. The smallest absolute Gasteiger partial charge is 0.407 e. The van der Waals surface area contributed by atoms with Crippen LogP contribution in [0.25, 0.3) is 0 Å². The largest absolute Gasteiger partial charge is 0.447 e. The number of ether oxygens (including phenoxy) is 1. The average Bonchev–Trinajstić information content (AvgIpc) is 3.79. The van der Waals surface area contributed by atoms with Crippen LogP contribution >= 0.6 is 0 Å². The molecule has 3 aliphatic carbocycles. The Labute approximate surface area is 322 Å². The molecule has 3 saturated carbocycles. The Hall–Kier alpha value is -3.82. The van der Waals surface area contributed by atoms with Gasteiger partial charge in [-0.1, -0.05) is 67.7 Å². The molecule has 0 bridgehead atoms. The topological polar surface area (TPSA) is 175 Å². The monoisotopic (exact) mass is 754 g/mol. The standard InChI is InChI=1S/C41H66N6O7/c1-9-11-15-28(32(48)35(50)42-22-10-2)44-34(49)31-30-27(18-21-40(30,6)7)24-47(31)36(51)33(41(8)19-13-12-14-20-41)46-37(52)45-29(39(3,4)5)25-54-38(53)43-23-26-16-17-26/h1,26-31,33H,10-25H2,2-8H3,(H,42,50)(H,43,53)(H,44,49)(H2,45,46,52)/t27?,28?,29-,30+,31?,33-/m1/s1. The summed E-state index contributed by atoms with van der Waals surface area (Å²) in [6.07, 6.45) is 14.1. The summed E-state index contributed by atoms with van der Waals surface area (Å²) >= 11 is 0. The summed E-state index contributed by atoms with van der Waals surface area (Å²) in [6, 6.07) is -4.12. The Kier molecular flexibility index (Phi) is 14.5. The van der Waals surface area contributed by atoms with Gasteiger partial charge in [0.15, 0.2) is 0 Å². The van der Waals surface area contributed by atoms with E-state index in [0.717, 1.165) is 57.8 Å². The fourth-order valence-corrected chi connectivity index (χ4v) is 8.71. The lowest BCUT2D eigenvalue weighted by atomic mass is 9.70. The van der Waals surface area contributed by atoms with Crippen LogP contribution in [-0.2, 0) is 23.9 Å². The minimum atomic E-state index is -1.14. The highest BCUT2D eigenvalue weighted by atomic mass is 16.5. The quantitative estimate of drug-likeness (QED) is 0.114. The van der Waals surface area contributed by atoms with Crippen molar-refractivity contribution in [1.29, 1.82) is 0 Å². The third-order valence-electron chi connectivity index (χ3n) is 12.4. The maximum atomic E-state index is 15.1. The van der Waals surface area contributed by atoms with E-state index in [4.69, 9.17) is 11.2 Å². The van der Waals surface area contributed by atoms with Crippen molar-refractivity contribution < 1.29 is 33.5 Å². The van der Waals surface area contributed by atoms with E-state index in [2.05, 4.69) is 46.4 Å². The maximum Gasteiger partial charge on any atom is 0.407 e. The van der Waals surface area contributed by atoms with Gasteiger partial charge in [-0.15, -0.1) is 12.3 Å². The number of ketones is 1. The molecule has 0 spiro atoms. The van der Waals surface area contributed by atoms with Crippen molar-refractivity contribution in [2.45, 2.75) is 150 Å². The summed E-state index contributed by atoms with van der Waals surface area (Å²) in [5.74, 6) is 0.474. The normalized spacial score (nSPS) is 24.5. The Morgan fingerprint density at radius 1 is 0.926 bits per heavy atom. The molecule has 3 unspecified atom stereocenters. The molecule has 0 aromatic carbocycles. The first-order valence-electron chi connectivity index (χ1n) is 20.3. The van der Waals surface area contributed by atoms with Crippen LogP contribution in [0.5, 0.6) is 0 Å². The predicted molar refractivity (Wildman–Crippen MR) is 206 cm³/mol. The molecule has 0 aromatic rings. The molecule has 302 valence electrons. The number of amides is 6. The fourth-order valence-electron chi connectivity index (χ4n) is 8.71. The first kappa shape index (κ1) is 42.9. The van der Waals surface area contributed by atoms with Crippen molar-refractivity contribution in [2.75, 3.05) is 26.2 Å². The van der Waals surface area contributed by atoms with Crippen molar-refractivity contribution >= 4 is 35.6 Å². The summed E-state index contributed by atoms with van der Waals surface area (Å²) < 4.78 is 5.52. The lowest BCUT2D eigenvalue weighted by molar-refractivity contribution is -0.146. The molecule has 0 radical (unpaired) electrons. The number of carbonyl (C=O) groups is 6. The van der Waals surface area contributed by atoms with E-state index in [9.17, 15) is 24.0 Å². The van der Waals surface area contributed by atoms with Gasteiger partial charge in [-0.3, -0.25) is 19.2 Å². The van der Waals surface area contributed by atoms with Gasteiger partial charge in [-0.25, -0.2) is 9.59 Å². The summed E-state index contributed by atoms with van der Waals surface area (Å²) in [4.78, 5) is 83.6. The second-order valence-electron chi connectivity index (χ2n) is 18.3. The van der Waals surface area contributed by atoms with Crippen LogP contribution in [0.3, 0.4) is 0 Å². The molecule has 5 N–H and O–H groups in total. The predicted octanol–water partition coefficient (Wildman–Crippen LogP) is 4.43. The summed E-state index contributed by atoms with van der Waals surface area (Å²) in [6.45, 7) is 15.1. The third-order valence-corrected chi connectivity index (χ3v) is 12.4. The molecule has 13 heteroatoms. The summed E-state index contributed by atoms with van der Waals surface area (Å²) in [5.41, 5.74) is -1.34. The van der Waals surface area contributed by atoms with E-state index in [1.54, 1.807) is 4.90 Å². The molecular formula is C41H66N6O7. The van der Waals surface area contributed by atoms with Crippen LogP contribution < -0.4 is 26.6 Å². The highest BCUT2D eigenvalue weighted by molar-refractivity contribution is 6.38. The van der Waals surface area contributed by atoms with Gasteiger partial charge < -0.3 is 36.2 Å². The van der Waals surface area contributed by atoms with E-state index in [1.165, 1.54) is 0 Å². The van der Waals surface area contributed by atoms with Crippen molar-refractivity contribution in [3.63, 3.8) is 0 Å². The van der Waals surface area contributed by atoms with Gasteiger partial charge in [-0.2, -0.15) is 0 Å². The van der Waals surface area contributed by atoms with Crippen LogP contribution in [-0.4, -0.2) is 90.9 Å². The number of nitrogens with one attached hydrogen (secondary N) is 5. The lowest BCUT2D eigenvalue weighted by Crippen LogP contribution is -2.63. The SMILES string of the molecule is C#CCCC(NC(=O)C1[C@@H]2C(CCC2(C)C)CN1C(=O)[C@@H](NC(=O)N[C@H](COC(=O)NCC1CC1)C(C)(C)C)C1(C)CCCCC1)C(=O)C(=O)NCCC. The Balaban J connectivity index is 1.59. The maximum absolute atomic E-state index is 15.1. The zero-order chi connectivity index (χ0) is 39.8. The van der Waals surface area contributed by atoms with Gasteiger partial charge in [0.05, 0.1) is 12.1 Å². The fraction of sp³-hybridized carbons (Fsp3) is 0.805. The number of nitrogens with zero attached hydrogens (tertiary/aromatic N) is 1. The molecule has 13 nitrogen and oxygen atoms in total. The van der Waals surface area contributed by atoms with E-state index < -0.39 is 64.7 Å². The van der Waals surface area contributed by atoms with E-state index in [1.807, 2.05) is 34.6 Å². The van der Waals surface area contributed by atoms with Crippen LogP contribution in [0.2, 0.25) is 0 Å². The number of Topliss-reactive ketones (excluding diaryl/α,β-unsaturated/α-hetero) is 1. The number of alkyl carbamates (subject to hydrolysis) is 1. The minimum absolute atomic E-state index is 0.0495. The number of likely N-dealkylation sites (tertiary alicyclic amines) is 1. The summed E-state index contributed by atoms with van der Waals surface area (Å²) in [5, 5.41) is 14.3. The van der Waals surface area contributed by atoms with Crippen LogP contribution in [0.15, 0.2) is 0 Å². The zero-order valence-corrected chi connectivity index (χ0v) is 33.7. The molecule has 4 fully saturated rings. The number of hydrogen-bond acceptors (Lipinski definition) is 7. The Bertz CT molecular complexity index is 1420. The second-order valence-corrected chi connectivity index (χ2v) is 18.3. The van der Waals surface area contributed by atoms with E-state index >= 15 is 4.79 Å². The molecule has 6 atom stereocenters. The van der Waals surface area contributed by atoms with Gasteiger partial charge in [0.25, 0.3) is 5.91 Å². The number of terminal acetylenes is 1. The first-order valence-corrected chi connectivity index (χ1v) is 20.3. The lowest BCUT2D eigenvalue weighted by Gasteiger charge is -2.43. The number of carbonyl (C=O) groups excluding carboxylic acids is 6. The molecule has 6 amide bonds. The first-order chi connectivity index (χ1) is 25.4. The highest BCUT2D eigenvalue weighted by Crippen LogP contribution is 2.54. The molecule has 4 rings (SSSR count). The number of fused-ring (bicyclic) bond motifs is 1. The average molecular weight is 755 g/mol. The van der Waals surface area contributed by atoms with Gasteiger partial charge in [-0.05, 0) is 85.4 Å². The van der Waals surface area contributed by atoms with Crippen LogP contribution in [0.4, 0.5) is 9.59 Å². The van der Waals surface area contributed by atoms with Crippen LogP contribution in [0.1, 0.15) is 126 Å². The molecular weight excluding hydrogens is 688 g/mol. The van der Waals surface area contributed by atoms with E-state index in [0.29, 0.717) is 32.0 Å². The molecule has 1 heterocycles. The van der Waals surface area contributed by atoms with Crippen molar-refractivity contribution in [2.24, 2.45) is 34.0 Å². The molecule has 1 aliphatic heterocycles. The van der Waals surface area contributed by atoms with Crippen molar-refractivity contribution in [3.8, 4) is 12.3 Å². The number of urea groups is 1. The van der Waals surface area contributed by atoms with Gasteiger partial charge in [0.1, 0.15) is 18.7 Å². The van der Waals surface area contributed by atoms with Crippen molar-refractivity contribution in [3.05, 3.63) is 0 Å². The number of hydrogen-bond donors (Lipinski definition) is 5. The molecule has 54 heavy (non-hydrogen) atoms.